The molecule has 0 bridgehead atoms. The van der Waals surface area contributed by atoms with Crippen molar-refractivity contribution in [3.05, 3.63) is 36.7 Å². The number of aromatic nitrogens is 1. The van der Waals surface area contributed by atoms with Crippen LogP contribution in [-0.4, -0.2) is 30.0 Å². The molecule has 1 aliphatic rings. The molecule has 18 heavy (non-hydrogen) atoms. The maximum atomic E-state index is 5.99. The fraction of sp³-hybridized carbons (Fsp3) is 0.286. The van der Waals surface area contributed by atoms with E-state index in [1.54, 1.807) is 6.20 Å². The first-order chi connectivity index (χ1) is 8.84. The van der Waals surface area contributed by atoms with Crippen molar-refractivity contribution in [3.63, 3.8) is 0 Å². The molecule has 0 saturated carbocycles. The molecule has 4 nitrogen and oxygen atoms in total. The largest absolute Gasteiger partial charge is 0.482 e. The molecule has 0 saturated heterocycles. The number of nitrogens with zero attached hydrogens (tertiary/aromatic N) is 2. The molecular weight excluding hydrogens is 226 g/mol. The lowest BCUT2D eigenvalue weighted by Gasteiger charge is -2.16. The monoisotopic (exact) mass is 241 g/mol. The second-order valence-electron chi connectivity index (χ2n) is 4.31. The third-order valence-electron chi connectivity index (χ3n) is 3.03. The smallest absolute Gasteiger partial charge is 0.152 e. The zero-order valence-corrected chi connectivity index (χ0v) is 10.3. The number of fused-ring (bicyclic) bond motifs is 1. The van der Waals surface area contributed by atoms with Crippen molar-refractivity contribution in [2.75, 3.05) is 13.1 Å². The number of hydrogen-bond donors (Lipinski definition) is 1. The molecule has 92 valence electrons. The highest BCUT2D eigenvalue weighted by molar-refractivity contribution is 5.90. The van der Waals surface area contributed by atoms with Gasteiger partial charge in [0.2, 0.25) is 0 Å². The summed E-state index contributed by atoms with van der Waals surface area (Å²) >= 11 is 0. The Kier molecular flexibility index (Phi) is 2.84. The van der Waals surface area contributed by atoms with Gasteiger partial charge in [-0.3, -0.25) is 9.98 Å². The second kappa shape index (κ2) is 4.64. The summed E-state index contributed by atoms with van der Waals surface area (Å²) in [5, 5.41) is 5.41. The normalized spacial score (nSPS) is 16.2. The summed E-state index contributed by atoms with van der Waals surface area (Å²) in [4.78, 5) is 8.50. The predicted octanol–water partition coefficient (Wildman–Crippen LogP) is 2.00. The van der Waals surface area contributed by atoms with Crippen LogP contribution in [-0.2, 0) is 0 Å². The number of ether oxygens (including phenoxy) is 1. The van der Waals surface area contributed by atoms with Crippen LogP contribution < -0.4 is 10.1 Å². The van der Waals surface area contributed by atoms with E-state index in [4.69, 9.17) is 4.74 Å². The highest BCUT2D eigenvalue weighted by atomic mass is 16.5. The number of hydrogen-bond acceptors (Lipinski definition) is 4. The van der Waals surface area contributed by atoms with Crippen molar-refractivity contribution >= 4 is 16.6 Å². The Morgan fingerprint density at radius 3 is 3.11 bits per heavy atom. The zero-order valence-electron chi connectivity index (χ0n) is 10.3. The van der Waals surface area contributed by atoms with Gasteiger partial charge in [0, 0.05) is 29.7 Å². The number of nitrogens with one attached hydrogen (secondary N) is 1. The molecule has 3 rings (SSSR count). The number of rotatable bonds is 3. The summed E-state index contributed by atoms with van der Waals surface area (Å²) in [5.41, 5.74) is 0. The minimum absolute atomic E-state index is 0.0498. The van der Waals surface area contributed by atoms with Gasteiger partial charge < -0.3 is 10.1 Å². The molecule has 1 aromatic heterocycles. The van der Waals surface area contributed by atoms with E-state index in [1.807, 2.05) is 37.4 Å². The molecule has 1 N–H and O–H groups in total. The SMILES string of the molecule is C[C@@H](Oc1cccc2cnccc12)C1=NCCN1. The molecule has 0 amide bonds. The topological polar surface area (TPSA) is 46.5 Å². The van der Waals surface area contributed by atoms with Crippen LogP contribution in [0.1, 0.15) is 6.92 Å². The lowest BCUT2D eigenvalue weighted by atomic mass is 10.1. The summed E-state index contributed by atoms with van der Waals surface area (Å²) in [6.45, 7) is 3.75. The van der Waals surface area contributed by atoms with Gasteiger partial charge in [0.1, 0.15) is 11.6 Å². The van der Waals surface area contributed by atoms with Gasteiger partial charge in [-0.1, -0.05) is 12.1 Å². The molecule has 2 aromatic rings. The number of benzene rings is 1. The highest BCUT2D eigenvalue weighted by Crippen LogP contribution is 2.25. The van der Waals surface area contributed by atoms with Gasteiger partial charge >= 0.3 is 0 Å². The molecule has 0 aliphatic carbocycles. The van der Waals surface area contributed by atoms with E-state index in [0.29, 0.717) is 0 Å². The third kappa shape index (κ3) is 2.01. The van der Waals surface area contributed by atoms with Crippen molar-refractivity contribution < 1.29 is 4.74 Å². The van der Waals surface area contributed by atoms with Gasteiger partial charge in [-0.25, -0.2) is 0 Å². The lowest BCUT2D eigenvalue weighted by Crippen LogP contribution is -2.33. The molecule has 0 fully saturated rings. The van der Waals surface area contributed by atoms with Crippen molar-refractivity contribution in [3.8, 4) is 5.75 Å². The van der Waals surface area contributed by atoms with Crippen molar-refractivity contribution in [1.29, 1.82) is 0 Å². The van der Waals surface area contributed by atoms with Crippen molar-refractivity contribution in [1.82, 2.24) is 10.3 Å². The van der Waals surface area contributed by atoms with E-state index in [-0.39, 0.29) is 6.10 Å². The Morgan fingerprint density at radius 1 is 1.33 bits per heavy atom. The molecule has 2 heterocycles. The Hall–Kier alpha value is -2.10. The van der Waals surface area contributed by atoms with E-state index in [1.165, 1.54) is 0 Å². The van der Waals surface area contributed by atoms with E-state index < -0.39 is 0 Å². The number of pyridine rings is 1. The first kappa shape index (κ1) is 11.0. The summed E-state index contributed by atoms with van der Waals surface area (Å²) < 4.78 is 5.99. The van der Waals surface area contributed by atoms with Gasteiger partial charge in [-0.15, -0.1) is 0 Å². The molecule has 1 aliphatic heterocycles. The first-order valence-corrected chi connectivity index (χ1v) is 6.12. The zero-order chi connectivity index (χ0) is 12.4. The van der Waals surface area contributed by atoms with Crippen LogP contribution in [0.3, 0.4) is 0 Å². The Morgan fingerprint density at radius 2 is 2.28 bits per heavy atom. The van der Waals surface area contributed by atoms with E-state index >= 15 is 0 Å². The molecule has 1 atom stereocenters. The fourth-order valence-electron chi connectivity index (χ4n) is 2.13. The molecule has 1 aromatic carbocycles. The van der Waals surface area contributed by atoms with Crippen LogP contribution in [0.25, 0.3) is 10.8 Å². The molecule has 4 heteroatoms. The quantitative estimate of drug-likeness (QED) is 0.894. The Bertz CT molecular complexity index is 589. The molecule has 0 radical (unpaired) electrons. The number of amidine groups is 1. The average molecular weight is 241 g/mol. The van der Waals surface area contributed by atoms with E-state index in [2.05, 4.69) is 15.3 Å². The van der Waals surface area contributed by atoms with Gasteiger partial charge in [0.05, 0.1) is 6.54 Å². The summed E-state index contributed by atoms with van der Waals surface area (Å²) in [6, 6.07) is 7.97. The summed E-state index contributed by atoms with van der Waals surface area (Å²) in [6.07, 6.45) is 3.58. The Labute approximate surface area is 106 Å². The van der Waals surface area contributed by atoms with Crippen LogP contribution in [0.15, 0.2) is 41.7 Å². The van der Waals surface area contributed by atoms with Crippen LogP contribution in [0.4, 0.5) is 0 Å². The summed E-state index contributed by atoms with van der Waals surface area (Å²) in [5.74, 6) is 1.81. The second-order valence-corrected chi connectivity index (χ2v) is 4.31. The maximum Gasteiger partial charge on any atom is 0.152 e. The van der Waals surface area contributed by atoms with Crippen LogP contribution in [0, 0.1) is 0 Å². The van der Waals surface area contributed by atoms with Gasteiger partial charge in [-0.05, 0) is 19.1 Å². The average Bonchev–Trinajstić information content (AvgIpc) is 2.93. The highest BCUT2D eigenvalue weighted by Gasteiger charge is 2.16. The maximum absolute atomic E-state index is 5.99. The first-order valence-electron chi connectivity index (χ1n) is 6.12. The minimum Gasteiger partial charge on any atom is -0.482 e. The van der Waals surface area contributed by atoms with Crippen molar-refractivity contribution in [2.24, 2.45) is 4.99 Å². The van der Waals surface area contributed by atoms with Crippen molar-refractivity contribution in [2.45, 2.75) is 13.0 Å². The van der Waals surface area contributed by atoms with E-state index in [0.717, 1.165) is 35.4 Å². The fourth-order valence-corrected chi connectivity index (χ4v) is 2.13. The summed E-state index contributed by atoms with van der Waals surface area (Å²) in [7, 11) is 0. The van der Waals surface area contributed by atoms with Crippen LogP contribution >= 0.6 is 0 Å². The van der Waals surface area contributed by atoms with Gasteiger partial charge in [-0.2, -0.15) is 0 Å². The number of aliphatic imine (C=N–C) groups is 1. The van der Waals surface area contributed by atoms with Gasteiger partial charge in [0.15, 0.2) is 6.10 Å². The van der Waals surface area contributed by atoms with E-state index in [9.17, 15) is 0 Å². The molecular formula is C14H15N3O. The molecule has 0 spiro atoms. The standard InChI is InChI=1S/C14H15N3O/c1-10(14-16-7-8-17-14)18-13-4-2-3-11-9-15-6-5-12(11)13/h2-6,9-10H,7-8H2,1H3,(H,16,17)/t10-/m1/s1. The van der Waals surface area contributed by atoms with Crippen LogP contribution in [0.2, 0.25) is 0 Å². The lowest BCUT2D eigenvalue weighted by molar-refractivity contribution is 0.287. The minimum atomic E-state index is -0.0498. The predicted molar refractivity (Wildman–Crippen MR) is 72.1 cm³/mol. The van der Waals surface area contributed by atoms with Crippen LogP contribution in [0.5, 0.6) is 5.75 Å². The Balaban J connectivity index is 1.90. The third-order valence-corrected chi connectivity index (χ3v) is 3.03. The van der Waals surface area contributed by atoms with Gasteiger partial charge in [0.25, 0.3) is 0 Å². The molecule has 0 unspecified atom stereocenters.